The molecular formula is C14H28N2O2. The molecule has 1 aliphatic heterocycles. The standard InChI is InChI=1S/C14H28N2O2/c1-3-5-12(7-9-17)10-16-14(18)13-11(2)6-4-8-15-13/h11-13,15,17H,3-10H2,1-2H3,(H,16,18). The Morgan fingerprint density at radius 3 is 2.89 bits per heavy atom. The lowest BCUT2D eigenvalue weighted by molar-refractivity contribution is -0.125. The Hall–Kier alpha value is -0.610. The second-order valence-corrected chi connectivity index (χ2v) is 5.46. The Bertz CT molecular complexity index is 240. The molecule has 1 aliphatic rings. The summed E-state index contributed by atoms with van der Waals surface area (Å²) in [5.41, 5.74) is 0. The summed E-state index contributed by atoms with van der Waals surface area (Å²) in [7, 11) is 0. The molecule has 1 heterocycles. The van der Waals surface area contributed by atoms with E-state index >= 15 is 0 Å². The van der Waals surface area contributed by atoms with Gasteiger partial charge in [0.15, 0.2) is 0 Å². The van der Waals surface area contributed by atoms with Gasteiger partial charge in [0.2, 0.25) is 5.91 Å². The first kappa shape index (κ1) is 15.4. The normalized spacial score (nSPS) is 25.7. The lowest BCUT2D eigenvalue weighted by Crippen LogP contribution is -2.51. The number of aliphatic hydroxyl groups is 1. The average molecular weight is 256 g/mol. The van der Waals surface area contributed by atoms with Crippen molar-refractivity contribution < 1.29 is 9.90 Å². The van der Waals surface area contributed by atoms with E-state index in [0.29, 0.717) is 18.4 Å². The van der Waals surface area contributed by atoms with E-state index in [4.69, 9.17) is 5.11 Å². The third-order valence-electron chi connectivity index (χ3n) is 3.85. The largest absolute Gasteiger partial charge is 0.396 e. The molecule has 1 fully saturated rings. The van der Waals surface area contributed by atoms with Crippen molar-refractivity contribution >= 4 is 5.91 Å². The number of amides is 1. The smallest absolute Gasteiger partial charge is 0.237 e. The Morgan fingerprint density at radius 2 is 2.28 bits per heavy atom. The molecule has 18 heavy (non-hydrogen) atoms. The fourth-order valence-corrected chi connectivity index (χ4v) is 2.69. The monoisotopic (exact) mass is 256 g/mol. The first-order valence-electron chi connectivity index (χ1n) is 7.31. The minimum Gasteiger partial charge on any atom is -0.396 e. The number of rotatable bonds is 7. The van der Waals surface area contributed by atoms with E-state index in [1.165, 1.54) is 0 Å². The van der Waals surface area contributed by atoms with E-state index < -0.39 is 0 Å². The van der Waals surface area contributed by atoms with Crippen LogP contribution in [0.25, 0.3) is 0 Å². The van der Waals surface area contributed by atoms with Crippen LogP contribution in [-0.2, 0) is 4.79 Å². The molecule has 0 bridgehead atoms. The van der Waals surface area contributed by atoms with Gasteiger partial charge in [-0.2, -0.15) is 0 Å². The molecule has 1 saturated heterocycles. The Morgan fingerprint density at radius 1 is 1.50 bits per heavy atom. The van der Waals surface area contributed by atoms with Crippen LogP contribution < -0.4 is 10.6 Å². The number of carbonyl (C=O) groups excluding carboxylic acids is 1. The maximum atomic E-state index is 12.1. The second-order valence-electron chi connectivity index (χ2n) is 5.46. The van der Waals surface area contributed by atoms with Crippen molar-refractivity contribution in [2.45, 2.75) is 52.0 Å². The van der Waals surface area contributed by atoms with Gasteiger partial charge in [-0.15, -0.1) is 0 Å². The van der Waals surface area contributed by atoms with Gasteiger partial charge in [-0.25, -0.2) is 0 Å². The summed E-state index contributed by atoms with van der Waals surface area (Å²) in [5, 5.41) is 15.3. The minimum absolute atomic E-state index is 0.0323. The Balaban J connectivity index is 2.33. The summed E-state index contributed by atoms with van der Waals surface area (Å²) in [5.74, 6) is 0.949. The van der Waals surface area contributed by atoms with Crippen LogP contribution in [0, 0.1) is 11.8 Å². The van der Waals surface area contributed by atoms with Crippen molar-refractivity contribution in [2.24, 2.45) is 11.8 Å². The van der Waals surface area contributed by atoms with Crippen LogP contribution in [0.3, 0.4) is 0 Å². The maximum Gasteiger partial charge on any atom is 0.237 e. The molecule has 3 atom stereocenters. The van der Waals surface area contributed by atoms with Crippen LogP contribution in [0.2, 0.25) is 0 Å². The van der Waals surface area contributed by atoms with E-state index in [1.54, 1.807) is 0 Å². The van der Waals surface area contributed by atoms with Gasteiger partial charge >= 0.3 is 0 Å². The van der Waals surface area contributed by atoms with Crippen molar-refractivity contribution in [3.63, 3.8) is 0 Å². The van der Waals surface area contributed by atoms with Gasteiger partial charge < -0.3 is 15.7 Å². The highest BCUT2D eigenvalue weighted by molar-refractivity contribution is 5.82. The first-order chi connectivity index (χ1) is 8.69. The molecule has 1 amide bonds. The zero-order chi connectivity index (χ0) is 13.4. The van der Waals surface area contributed by atoms with Crippen LogP contribution in [0.4, 0.5) is 0 Å². The van der Waals surface area contributed by atoms with Crippen LogP contribution in [0.15, 0.2) is 0 Å². The van der Waals surface area contributed by atoms with Gasteiger partial charge in [-0.3, -0.25) is 4.79 Å². The van der Waals surface area contributed by atoms with Crippen LogP contribution in [0.1, 0.15) is 46.0 Å². The summed E-state index contributed by atoms with van der Waals surface area (Å²) in [6.07, 6.45) is 5.23. The Labute approximate surface area is 111 Å². The summed E-state index contributed by atoms with van der Waals surface area (Å²) in [4.78, 5) is 12.1. The van der Waals surface area contributed by atoms with Crippen molar-refractivity contribution in [1.29, 1.82) is 0 Å². The second kappa shape index (κ2) is 8.48. The molecule has 3 N–H and O–H groups in total. The number of nitrogens with one attached hydrogen (secondary N) is 2. The maximum absolute atomic E-state index is 12.1. The number of carbonyl (C=O) groups is 1. The van der Waals surface area contributed by atoms with Gasteiger partial charge in [-0.05, 0) is 44.1 Å². The van der Waals surface area contributed by atoms with Gasteiger partial charge in [0.05, 0.1) is 6.04 Å². The predicted octanol–water partition coefficient (Wildman–Crippen LogP) is 1.29. The topological polar surface area (TPSA) is 61.4 Å². The number of hydrogen-bond donors (Lipinski definition) is 3. The lowest BCUT2D eigenvalue weighted by Gasteiger charge is -2.29. The SMILES string of the molecule is CCCC(CCO)CNC(=O)C1NCCCC1C. The molecule has 3 unspecified atom stereocenters. The molecule has 0 aromatic rings. The molecule has 0 spiro atoms. The van der Waals surface area contributed by atoms with Crippen molar-refractivity contribution in [3.05, 3.63) is 0 Å². The van der Waals surface area contributed by atoms with E-state index in [1.807, 2.05) is 0 Å². The zero-order valence-electron chi connectivity index (χ0n) is 11.7. The third kappa shape index (κ3) is 4.94. The molecule has 1 rings (SSSR count). The van der Waals surface area contributed by atoms with Crippen LogP contribution in [0.5, 0.6) is 0 Å². The highest BCUT2D eigenvalue weighted by Crippen LogP contribution is 2.16. The molecule has 0 radical (unpaired) electrons. The Kier molecular flexibility index (Phi) is 7.28. The zero-order valence-corrected chi connectivity index (χ0v) is 11.7. The number of hydrogen-bond acceptors (Lipinski definition) is 3. The quantitative estimate of drug-likeness (QED) is 0.643. The number of aliphatic hydroxyl groups excluding tert-OH is 1. The van der Waals surface area contributed by atoms with E-state index in [-0.39, 0.29) is 18.6 Å². The summed E-state index contributed by atoms with van der Waals surface area (Å²) < 4.78 is 0. The molecule has 106 valence electrons. The first-order valence-corrected chi connectivity index (χ1v) is 7.31. The highest BCUT2D eigenvalue weighted by Gasteiger charge is 2.27. The molecule has 0 aromatic carbocycles. The minimum atomic E-state index is -0.0323. The van der Waals surface area contributed by atoms with Crippen molar-refractivity contribution in [2.75, 3.05) is 19.7 Å². The molecule has 0 aliphatic carbocycles. The fraction of sp³-hybridized carbons (Fsp3) is 0.929. The van der Waals surface area contributed by atoms with Crippen molar-refractivity contribution in [3.8, 4) is 0 Å². The summed E-state index contributed by atoms with van der Waals surface area (Å²) in [6.45, 7) is 6.11. The van der Waals surface area contributed by atoms with Gasteiger partial charge in [-0.1, -0.05) is 20.3 Å². The molecule has 0 saturated carbocycles. The van der Waals surface area contributed by atoms with E-state index in [2.05, 4.69) is 24.5 Å². The highest BCUT2D eigenvalue weighted by atomic mass is 16.3. The molecule has 4 heteroatoms. The lowest BCUT2D eigenvalue weighted by atomic mass is 9.92. The van der Waals surface area contributed by atoms with E-state index in [0.717, 1.165) is 38.6 Å². The van der Waals surface area contributed by atoms with Crippen molar-refractivity contribution in [1.82, 2.24) is 10.6 Å². The van der Waals surface area contributed by atoms with Gasteiger partial charge in [0.1, 0.15) is 0 Å². The third-order valence-corrected chi connectivity index (χ3v) is 3.85. The average Bonchev–Trinajstić information content (AvgIpc) is 2.36. The van der Waals surface area contributed by atoms with Gasteiger partial charge in [0.25, 0.3) is 0 Å². The van der Waals surface area contributed by atoms with E-state index in [9.17, 15) is 4.79 Å². The molecule has 4 nitrogen and oxygen atoms in total. The fourth-order valence-electron chi connectivity index (χ4n) is 2.69. The molecular weight excluding hydrogens is 228 g/mol. The predicted molar refractivity (Wildman–Crippen MR) is 73.3 cm³/mol. The number of piperidine rings is 1. The molecule has 0 aromatic heterocycles. The summed E-state index contributed by atoms with van der Waals surface area (Å²) in [6, 6.07) is -0.0323. The van der Waals surface area contributed by atoms with Crippen LogP contribution >= 0.6 is 0 Å². The van der Waals surface area contributed by atoms with Crippen LogP contribution in [-0.4, -0.2) is 36.8 Å². The van der Waals surface area contributed by atoms with Gasteiger partial charge in [0, 0.05) is 13.2 Å². The summed E-state index contributed by atoms with van der Waals surface area (Å²) >= 11 is 0.